The normalized spacial score (nSPS) is 12.5. The van der Waals surface area contributed by atoms with Crippen LogP contribution >= 0.6 is 11.8 Å². The predicted molar refractivity (Wildman–Crippen MR) is 83.8 cm³/mol. The number of pyridine rings is 1. The van der Waals surface area contributed by atoms with Gasteiger partial charge in [-0.1, -0.05) is 30.3 Å². The van der Waals surface area contributed by atoms with E-state index in [1.54, 1.807) is 30.6 Å². The van der Waals surface area contributed by atoms with E-state index in [9.17, 15) is 9.50 Å². The molecule has 1 atom stereocenters. The highest BCUT2D eigenvalue weighted by atomic mass is 32.2. The first-order valence-electron chi connectivity index (χ1n) is 6.64. The Morgan fingerprint density at radius 1 is 1.10 bits per heavy atom. The molecule has 21 heavy (non-hydrogen) atoms. The Kier molecular flexibility index (Phi) is 4.18. The van der Waals surface area contributed by atoms with Gasteiger partial charge in [0.15, 0.2) is 0 Å². The van der Waals surface area contributed by atoms with Crippen LogP contribution in [0, 0.1) is 5.82 Å². The molecule has 1 aromatic heterocycles. The summed E-state index contributed by atoms with van der Waals surface area (Å²) >= 11 is 1.31. The first-order valence-corrected chi connectivity index (χ1v) is 7.62. The summed E-state index contributed by atoms with van der Waals surface area (Å²) in [4.78, 5) is 4.66. The third kappa shape index (κ3) is 3.06. The van der Waals surface area contributed by atoms with Gasteiger partial charge < -0.3 is 5.11 Å². The molecule has 0 saturated heterocycles. The molecular formula is C17H14FNOS. The number of hydrogen-bond donors (Lipinski definition) is 1. The van der Waals surface area contributed by atoms with Crippen molar-refractivity contribution < 1.29 is 9.50 Å². The zero-order chi connectivity index (χ0) is 14.7. The lowest BCUT2D eigenvalue weighted by Gasteiger charge is -2.13. The highest BCUT2D eigenvalue weighted by molar-refractivity contribution is 7.99. The molecule has 0 aliphatic carbocycles. The minimum atomic E-state index is -0.664. The molecule has 0 saturated carbocycles. The highest BCUT2D eigenvalue weighted by Crippen LogP contribution is 2.29. The molecule has 1 heterocycles. The SMILES string of the molecule is OC(CSc1ccccc1F)c1cccc2ccncc12. The van der Waals surface area contributed by atoms with Crippen LogP contribution in [0.2, 0.25) is 0 Å². The van der Waals surface area contributed by atoms with Gasteiger partial charge in [0.05, 0.1) is 6.10 Å². The monoisotopic (exact) mass is 299 g/mol. The standard InChI is InChI=1S/C17H14FNOS/c18-15-6-1-2-7-17(15)21-11-16(20)13-5-3-4-12-8-9-19-10-14(12)13/h1-10,16,20H,11H2. The Bertz CT molecular complexity index is 757. The summed E-state index contributed by atoms with van der Waals surface area (Å²) in [5.41, 5.74) is 0.824. The van der Waals surface area contributed by atoms with Gasteiger partial charge in [0.1, 0.15) is 5.82 Å². The molecule has 2 aromatic carbocycles. The Labute approximate surface area is 126 Å². The van der Waals surface area contributed by atoms with Crippen LogP contribution in [-0.2, 0) is 0 Å². The molecule has 0 spiro atoms. The molecule has 0 amide bonds. The van der Waals surface area contributed by atoms with Crippen molar-refractivity contribution in [2.75, 3.05) is 5.75 Å². The minimum absolute atomic E-state index is 0.255. The molecule has 2 nitrogen and oxygen atoms in total. The molecule has 3 rings (SSSR count). The van der Waals surface area contributed by atoms with Crippen molar-refractivity contribution in [3.63, 3.8) is 0 Å². The third-order valence-electron chi connectivity index (χ3n) is 3.31. The number of fused-ring (bicyclic) bond motifs is 1. The van der Waals surface area contributed by atoms with Gasteiger partial charge in [-0.2, -0.15) is 0 Å². The predicted octanol–water partition coefficient (Wildman–Crippen LogP) is 4.20. The summed E-state index contributed by atoms with van der Waals surface area (Å²) in [6, 6.07) is 14.3. The second kappa shape index (κ2) is 6.24. The topological polar surface area (TPSA) is 33.1 Å². The maximum atomic E-state index is 13.6. The van der Waals surface area contributed by atoms with Crippen molar-refractivity contribution in [3.05, 3.63) is 72.3 Å². The number of benzene rings is 2. The lowest BCUT2D eigenvalue weighted by atomic mass is 10.0. The fourth-order valence-electron chi connectivity index (χ4n) is 2.25. The molecule has 0 aliphatic rings. The molecule has 0 fully saturated rings. The van der Waals surface area contributed by atoms with Gasteiger partial charge in [0.2, 0.25) is 0 Å². The van der Waals surface area contributed by atoms with Crippen LogP contribution in [0.3, 0.4) is 0 Å². The average molecular weight is 299 g/mol. The number of aliphatic hydroxyl groups excluding tert-OH is 1. The van der Waals surface area contributed by atoms with E-state index in [0.29, 0.717) is 10.6 Å². The lowest BCUT2D eigenvalue weighted by molar-refractivity contribution is 0.205. The smallest absolute Gasteiger partial charge is 0.136 e. The second-order valence-electron chi connectivity index (χ2n) is 4.70. The molecule has 4 heteroatoms. The van der Waals surface area contributed by atoms with Gasteiger partial charge in [-0.05, 0) is 29.1 Å². The number of nitrogens with zero attached hydrogens (tertiary/aromatic N) is 1. The first kappa shape index (κ1) is 14.0. The summed E-state index contributed by atoms with van der Waals surface area (Å²) < 4.78 is 13.6. The largest absolute Gasteiger partial charge is 0.388 e. The lowest BCUT2D eigenvalue weighted by Crippen LogP contribution is -2.02. The number of thioether (sulfide) groups is 1. The minimum Gasteiger partial charge on any atom is -0.388 e. The number of aliphatic hydroxyl groups is 1. The van der Waals surface area contributed by atoms with E-state index in [0.717, 1.165) is 16.3 Å². The van der Waals surface area contributed by atoms with Gasteiger partial charge >= 0.3 is 0 Å². The summed E-state index contributed by atoms with van der Waals surface area (Å²) in [5.74, 6) is 0.142. The van der Waals surface area contributed by atoms with Gasteiger partial charge in [-0.3, -0.25) is 4.98 Å². The van der Waals surface area contributed by atoms with Crippen molar-refractivity contribution in [2.45, 2.75) is 11.0 Å². The van der Waals surface area contributed by atoms with E-state index in [1.807, 2.05) is 24.3 Å². The number of hydrogen-bond acceptors (Lipinski definition) is 3. The number of halogens is 1. The Morgan fingerprint density at radius 3 is 2.81 bits per heavy atom. The zero-order valence-electron chi connectivity index (χ0n) is 11.2. The van der Waals surface area contributed by atoms with Crippen LogP contribution < -0.4 is 0 Å². The van der Waals surface area contributed by atoms with Crippen LogP contribution in [0.25, 0.3) is 10.8 Å². The molecular weight excluding hydrogens is 285 g/mol. The van der Waals surface area contributed by atoms with Crippen molar-refractivity contribution in [3.8, 4) is 0 Å². The zero-order valence-corrected chi connectivity index (χ0v) is 12.1. The second-order valence-corrected chi connectivity index (χ2v) is 5.76. The summed E-state index contributed by atoms with van der Waals surface area (Å²) in [7, 11) is 0. The molecule has 1 N–H and O–H groups in total. The highest BCUT2D eigenvalue weighted by Gasteiger charge is 2.13. The van der Waals surface area contributed by atoms with Gasteiger partial charge in [0.25, 0.3) is 0 Å². The van der Waals surface area contributed by atoms with Crippen molar-refractivity contribution in [1.82, 2.24) is 4.98 Å². The molecule has 0 bridgehead atoms. The van der Waals surface area contributed by atoms with Crippen molar-refractivity contribution in [1.29, 1.82) is 0 Å². The Morgan fingerprint density at radius 2 is 1.95 bits per heavy atom. The van der Waals surface area contributed by atoms with Gasteiger partial charge in [0, 0.05) is 28.4 Å². The summed E-state index contributed by atoms with van der Waals surface area (Å²) in [6.45, 7) is 0. The maximum Gasteiger partial charge on any atom is 0.136 e. The van der Waals surface area contributed by atoms with E-state index in [1.165, 1.54) is 17.8 Å². The van der Waals surface area contributed by atoms with Crippen LogP contribution in [0.15, 0.2) is 65.8 Å². The van der Waals surface area contributed by atoms with Crippen LogP contribution in [0.1, 0.15) is 11.7 Å². The van der Waals surface area contributed by atoms with E-state index in [-0.39, 0.29) is 5.82 Å². The van der Waals surface area contributed by atoms with E-state index >= 15 is 0 Å². The summed E-state index contributed by atoms with van der Waals surface area (Å²) in [5, 5.41) is 12.4. The van der Waals surface area contributed by atoms with Crippen LogP contribution in [-0.4, -0.2) is 15.8 Å². The molecule has 106 valence electrons. The van der Waals surface area contributed by atoms with Crippen LogP contribution in [0.4, 0.5) is 4.39 Å². The first-order chi connectivity index (χ1) is 10.3. The fourth-order valence-corrected chi connectivity index (χ4v) is 3.15. The van der Waals surface area contributed by atoms with Gasteiger partial charge in [-0.15, -0.1) is 11.8 Å². The van der Waals surface area contributed by atoms with Crippen molar-refractivity contribution >= 4 is 22.5 Å². The quantitative estimate of drug-likeness (QED) is 0.733. The fraction of sp³-hybridized carbons (Fsp3) is 0.118. The maximum absolute atomic E-state index is 13.6. The van der Waals surface area contributed by atoms with Gasteiger partial charge in [-0.25, -0.2) is 4.39 Å². The van der Waals surface area contributed by atoms with Crippen molar-refractivity contribution in [2.24, 2.45) is 0 Å². The number of rotatable bonds is 4. The third-order valence-corrected chi connectivity index (χ3v) is 4.43. The van der Waals surface area contributed by atoms with Crippen LogP contribution in [0.5, 0.6) is 0 Å². The Hall–Kier alpha value is -1.91. The van der Waals surface area contributed by atoms with E-state index in [4.69, 9.17) is 0 Å². The molecule has 0 aliphatic heterocycles. The van der Waals surface area contributed by atoms with E-state index < -0.39 is 6.10 Å². The Balaban J connectivity index is 1.81. The number of aromatic nitrogens is 1. The van der Waals surface area contributed by atoms with E-state index in [2.05, 4.69) is 4.98 Å². The molecule has 1 unspecified atom stereocenters. The average Bonchev–Trinajstić information content (AvgIpc) is 2.53. The summed E-state index contributed by atoms with van der Waals surface area (Å²) in [6.07, 6.45) is 2.82. The molecule has 0 radical (unpaired) electrons. The molecule has 3 aromatic rings.